The first-order valence-corrected chi connectivity index (χ1v) is 7.62. The molecule has 1 fully saturated rings. The lowest BCUT2D eigenvalue weighted by Gasteiger charge is -2.20. The summed E-state index contributed by atoms with van der Waals surface area (Å²) in [6, 6.07) is 4.21. The Morgan fingerprint density at radius 3 is 2.82 bits per heavy atom. The average molecular weight is 302 g/mol. The van der Waals surface area contributed by atoms with Crippen LogP contribution in [0.4, 0.5) is 4.39 Å². The van der Waals surface area contributed by atoms with E-state index in [1.165, 1.54) is 38.5 Å². The maximum atomic E-state index is 13.4. The number of nitrogens with zero attached hydrogens (tertiary/aromatic N) is 1. The number of halogens is 1. The Morgan fingerprint density at radius 1 is 1.32 bits per heavy atom. The van der Waals surface area contributed by atoms with E-state index in [9.17, 15) is 9.18 Å². The highest BCUT2D eigenvalue weighted by atomic mass is 19.1. The normalized spacial score (nSPS) is 20.9. The third kappa shape index (κ3) is 3.03. The molecule has 1 aliphatic heterocycles. The Hall–Kier alpha value is -2.17. The van der Waals surface area contributed by atoms with Crippen LogP contribution < -0.4 is 10.1 Å². The molecule has 5 heteroatoms. The van der Waals surface area contributed by atoms with Crippen LogP contribution in [-0.2, 0) is 4.79 Å². The van der Waals surface area contributed by atoms with Gasteiger partial charge in [-0.05, 0) is 37.1 Å². The zero-order valence-corrected chi connectivity index (χ0v) is 12.6. The molecule has 1 aliphatic carbocycles. The summed E-state index contributed by atoms with van der Waals surface area (Å²) in [6.07, 6.45) is 7.31. The fourth-order valence-corrected chi connectivity index (χ4v) is 3.02. The van der Waals surface area contributed by atoms with E-state index in [0.717, 1.165) is 18.7 Å². The van der Waals surface area contributed by atoms with Gasteiger partial charge in [0.25, 0.3) is 5.91 Å². The number of hydrogen-bond acceptors (Lipinski definition) is 3. The summed E-state index contributed by atoms with van der Waals surface area (Å²) in [7, 11) is 1.51. The van der Waals surface area contributed by atoms with E-state index in [-0.39, 0.29) is 11.7 Å². The van der Waals surface area contributed by atoms with E-state index in [2.05, 4.69) is 10.3 Å². The summed E-state index contributed by atoms with van der Waals surface area (Å²) in [5, 5.41) is 2.85. The number of hydrogen-bond donors (Lipinski definition) is 1. The number of rotatable bonds is 3. The fourth-order valence-electron chi connectivity index (χ4n) is 3.02. The van der Waals surface area contributed by atoms with Gasteiger partial charge >= 0.3 is 0 Å². The second kappa shape index (κ2) is 6.30. The molecule has 116 valence electrons. The molecule has 0 atom stereocenters. The minimum Gasteiger partial charge on any atom is -0.496 e. The van der Waals surface area contributed by atoms with Crippen LogP contribution in [0.2, 0.25) is 0 Å². The number of aliphatic imine (C=N–C) groups is 1. The molecule has 3 rings (SSSR count). The molecule has 1 heterocycles. The molecule has 4 nitrogen and oxygen atoms in total. The van der Waals surface area contributed by atoms with Crippen LogP contribution in [-0.4, -0.2) is 18.9 Å². The fraction of sp³-hybridized carbons (Fsp3) is 0.412. The van der Waals surface area contributed by atoms with E-state index in [0.29, 0.717) is 22.9 Å². The third-order valence-electron chi connectivity index (χ3n) is 4.19. The monoisotopic (exact) mass is 302 g/mol. The number of ether oxygens (including phenoxy) is 1. The van der Waals surface area contributed by atoms with E-state index < -0.39 is 0 Å². The van der Waals surface area contributed by atoms with Gasteiger partial charge in [0.15, 0.2) is 0 Å². The van der Waals surface area contributed by atoms with Crippen molar-refractivity contribution in [1.29, 1.82) is 0 Å². The predicted molar refractivity (Wildman–Crippen MR) is 83.1 cm³/mol. The summed E-state index contributed by atoms with van der Waals surface area (Å²) in [6.45, 7) is 0. The van der Waals surface area contributed by atoms with Crippen LogP contribution in [0.25, 0.3) is 6.08 Å². The van der Waals surface area contributed by atoms with Crippen LogP contribution in [0.1, 0.15) is 37.7 Å². The van der Waals surface area contributed by atoms with Gasteiger partial charge in [-0.3, -0.25) is 4.79 Å². The van der Waals surface area contributed by atoms with Crippen molar-refractivity contribution < 1.29 is 13.9 Å². The van der Waals surface area contributed by atoms with Gasteiger partial charge in [0.1, 0.15) is 23.1 Å². The van der Waals surface area contributed by atoms with Crippen LogP contribution in [0.3, 0.4) is 0 Å². The number of methoxy groups -OCH3 is 1. The van der Waals surface area contributed by atoms with Crippen molar-refractivity contribution in [2.24, 2.45) is 10.9 Å². The molecule has 0 radical (unpaired) electrons. The Labute approximate surface area is 129 Å². The molecule has 0 aromatic heterocycles. The first-order chi connectivity index (χ1) is 10.7. The van der Waals surface area contributed by atoms with Gasteiger partial charge in [0.2, 0.25) is 0 Å². The van der Waals surface area contributed by atoms with Crippen LogP contribution in [0, 0.1) is 11.7 Å². The minimum absolute atomic E-state index is 0.230. The molecule has 0 unspecified atom stereocenters. The van der Waals surface area contributed by atoms with Gasteiger partial charge in [0, 0.05) is 11.5 Å². The lowest BCUT2D eigenvalue weighted by molar-refractivity contribution is -0.115. The maximum absolute atomic E-state index is 13.4. The highest BCUT2D eigenvalue weighted by Gasteiger charge is 2.27. The Morgan fingerprint density at radius 2 is 2.09 bits per heavy atom. The highest BCUT2D eigenvalue weighted by Crippen LogP contribution is 2.28. The highest BCUT2D eigenvalue weighted by molar-refractivity contribution is 6.15. The van der Waals surface area contributed by atoms with Crippen LogP contribution in [0.15, 0.2) is 28.9 Å². The minimum atomic E-state index is -0.373. The Bertz CT molecular complexity index is 646. The van der Waals surface area contributed by atoms with Crippen molar-refractivity contribution in [2.75, 3.05) is 7.11 Å². The SMILES string of the molecule is COc1ccc(F)cc1/C=C1/N=C(C2CCCCC2)NC1=O. The molecule has 1 N–H and O–H groups in total. The molecular formula is C17H19FN2O2. The molecule has 1 amide bonds. The summed E-state index contributed by atoms with van der Waals surface area (Å²) < 4.78 is 18.6. The van der Waals surface area contributed by atoms with Gasteiger partial charge in [-0.15, -0.1) is 0 Å². The lowest BCUT2D eigenvalue weighted by Crippen LogP contribution is -2.31. The van der Waals surface area contributed by atoms with E-state index >= 15 is 0 Å². The summed E-state index contributed by atoms with van der Waals surface area (Å²) in [4.78, 5) is 16.5. The molecule has 1 aromatic carbocycles. The van der Waals surface area contributed by atoms with Gasteiger partial charge in [0.05, 0.1) is 7.11 Å². The summed E-state index contributed by atoms with van der Waals surface area (Å²) in [5.74, 6) is 1.00. The molecule has 0 bridgehead atoms. The maximum Gasteiger partial charge on any atom is 0.275 e. The number of nitrogens with one attached hydrogen (secondary N) is 1. The van der Waals surface area contributed by atoms with Crippen molar-refractivity contribution in [3.8, 4) is 5.75 Å². The van der Waals surface area contributed by atoms with Gasteiger partial charge in [-0.1, -0.05) is 19.3 Å². The second-order valence-electron chi connectivity index (χ2n) is 5.70. The first-order valence-electron chi connectivity index (χ1n) is 7.62. The van der Waals surface area contributed by atoms with E-state index in [4.69, 9.17) is 4.74 Å². The van der Waals surface area contributed by atoms with Crippen LogP contribution >= 0.6 is 0 Å². The molecule has 2 aliphatic rings. The largest absolute Gasteiger partial charge is 0.496 e. The zero-order chi connectivity index (χ0) is 15.5. The molecular weight excluding hydrogens is 283 g/mol. The number of carbonyl (C=O) groups excluding carboxylic acids is 1. The van der Waals surface area contributed by atoms with Gasteiger partial charge < -0.3 is 10.1 Å². The number of benzene rings is 1. The standard InChI is InChI=1S/C17H19FN2O2/c1-22-15-8-7-13(18)9-12(15)10-14-17(21)20-16(19-14)11-5-3-2-4-6-11/h7-11H,2-6H2,1H3,(H,19,20,21)/b14-10+. The molecule has 1 saturated carbocycles. The summed E-state index contributed by atoms with van der Waals surface area (Å²) in [5.41, 5.74) is 0.825. The van der Waals surface area contributed by atoms with Gasteiger partial charge in [-0.25, -0.2) is 9.38 Å². The zero-order valence-electron chi connectivity index (χ0n) is 12.6. The van der Waals surface area contributed by atoms with Crippen molar-refractivity contribution >= 4 is 17.8 Å². The molecule has 0 spiro atoms. The Balaban J connectivity index is 1.89. The average Bonchev–Trinajstić information content (AvgIpc) is 2.90. The lowest BCUT2D eigenvalue weighted by atomic mass is 9.88. The topological polar surface area (TPSA) is 50.7 Å². The third-order valence-corrected chi connectivity index (χ3v) is 4.19. The van der Waals surface area contributed by atoms with E-state index in [1.54, 1.807) is 12.1 Å². The molecule has 0 saturated heterocycles. The predicted octanol–water partition coefficient (Wildman–Crippen LogP) is 3.28. The molecule has 22 heavy (non-hydrogen) atoms. The van der Waals surface area contributed by atoms with Crippen LogP contribution in [0.5, 0.6) is 5.75 Å². The summed E-state index contributed by atoms with van der Waals surface area (Å²) >= 11 is 0. The second-order valence-corrected chi connectivity index (χ2v) is 5.70. The number of amidine groups is 1. The number of amides is 1. The van der Waals surface area contributed by atoms with E-state index in [1.807, 2.05) is 0 Å². The van der Waals surface area contributed by atoms with Crippen molar-refractivity contribution in [3.63, 3.8) is 0 Å². The van der Waals surface area contributed by atoms with Gasteiger partial charge in [-0.2, -0.15) is 0 Å². The Kier molecular flexibility index (Phi) is 4.22. The first kappa shape index (κ1) is 14.8. The van der Waals surface area contributed by atoms with Crippen molar-refractivity contribution in [3.05, 3.63) is 35.3 Å². The van der Waals surface area contributed by atoms with Crippen molar-refractivity contribution in [1.82, 2.24) is 5.32 Å². The molecule has 1 aromatic rings. The smallest absolute Gasteiger partial charge is 0.275 e. The van der Waals surface area contributed by atoms with Crippen molar-refractivity contribution in [2.45, 2.75) is 32.1 Å². The number of carbonyl (C=O) groups is 1. The quantitative estimate of drug-likeness (QED) is 0.871.